The zero-order valence-corrected chi connectivity index (χ0v) is 22.3. The second kappa shape index (κ2) is 10.1. The number of aromatic amines is 1. The van der Waals surface area contributed by atoms with Gasteiger partial charge in [0.05, 0.1) is 52.7 Å². The SMILES string of the molecule is CCOC(=O)C1(CSc2nc3ccc(OC)cc3[nH]2)OC(=O)C(O)=C1Sc1nc2cc(OC)ccc2s1. The van der Waals surface area contributed by atoms with Gasteiger partial charge in [-0.05, 0) is 31.2 Å². The summed E-state index contributed by atoms with van der Waals surface area (Å²) in [5.74, 6) is -1.21. The normalized spacial score (nSPS) is 17.4. The number of cyclic esters (lactones) is 1. The van der Waals surface area contributed by atoms with Crippen molar-refractivity contribution in [2.45, 2.75) is 22.0 Å². The molecule has 192 valence electrons. The van der Waals surface area contributed by atoms with Gasteiger partial charge in [-0.1, -0.05) is 23.5 Å². The predicted molar refractivity (Wildman–Crippen MR) is 141 cm³/mol. The highest BCUT2D eigenvalue weighted by molar-refractivity contribution is 8.05. The predicted octanol–water partition coefficient (Wildman–Crippen LogP) is 4.70. The van der Waals surface area contributed by atoms with Gasteiger partial charge in [0.1, 0.15) is 11.5 Å². The van der Waals surface area contributed by atoms with Crippen molar-refractivity contribution in [1.29, 1.82) is 0 Å². The first-order chi connectivity index (χ1) is 17.9. The number of esters is 2. The Labute approximate surface area is 223 Å². The van der Waals surface area contributed by atoms with E-state index in [1.54, 1.807) is 45.4 Å². The molecule has 0 spiro atoms. The van der Waals surface area contributed by atoms with Crippen molar-refractivity contribution >= 4 is 68.0 Å². The van der Waals surface area contributed by atoms with E-state index < -0.39 is 23.3 Å². The molecule has 2 aromatic carbocycles. The van der Waals surface area contributed by atoms with Crippen LogP contribution in [0.2, 0.25) is 0 Å². The molecular weight excluding hydrogens is 538 g/mol. The number of rotatable bonds is 9. The van der Waals surface area contributed by atoms with E-state index in [1.807, 2.05) is 12.1 Å². The average molecular weight is 560 g/mol. The van der Waals surface area contributed by atoms with Crippen LogP contribution in [0.25, 0.3) is 21.3 Å². The minimum absolute atomic E-state index is 0.0206. The van der Waals surface area contributed by atoms with Crippen LogP contribution in [0.1, 0.15) is 6.92 Å². The molecule has 1 atom stereocenters. The van der Waals surface area contributed by atoms with E-state index in [9.17, 15) is 14.7 Å². The van der Waals surface area contributed by atoms with E-state index in [1.165, 1.54) is 11.3 Å². The van der Waals surface area contributed by atoms with Gasteiger partial charge in [0.15, 0.2) is 9.50 Å². The molecule has 37 heavy (non-hydrogen) atoms. The molecule has 10 nitrogen and oxygen atoms in total. The highest BCUT2D eigenvalue weighted by Gasteiger charge is 2.56. The standard InChI is InChI=1S/C24H21N3O7S3/c1-4-33-21(30)24(11-35-22-25-14-7-5-12(31-2)9-15(14)26-22)19(18(28)20(29)34-24)37-23-27-16-10-13(32-3)6-8-17(16)36-23/h5-10,28H,4,11H2,1-3H3,(H,25,26). The molecule has 1 aliphatic heterocycles. The number of H-pyrrole nitrogens is 1. The second-order valence-electron chi connectivity index (χ2n) is 7.74. The number of nitrogens with zero attached hydrogens (tertiary/aromatic N) is 2. The monoisotopic (exact) mass is 559 g/mol. The van der Waals surface area contributed by atoms with Gasteiger partial charge >= 0.3 is 11.9 Å². The van der Waals surface area contributed by atoms with Crippen molar-refractivity contribution in [3.05, 3.63) is 47.1 Å². The van der Waals surface area contributed by atoms with Crippen LogP contribution in [-0.2, 0) is 19.1 Å². The number of imidazole rings is 1. The van der Waals surface area contributed by atoms with Crippen LogP contribution >= 0.6 is 34.9 Å². The first-order valence-electron chi connectivity index (χ1n) is 11.0. The third kappa shape index (κ3) is 4.69. The number of nitrogens with one attached hydrogen (secondary N) is 1. The molecule has 0 aliphatic carbocycles. The average Bonchev–Trinajstić information content (AvgIpc) is 3.57. The van der Waals surface area contributed by atoms with E-state index in [2.05, 4.69) is 15.0 Å². The minimum Gasteiger partial charge on any atom is -0.501 e. The number of hydrogen-bond acceptors (Lipinski definition) is 12. The van der Waals surface area contributed by atoms with E-state index in [4.69, 9.17) is 18.9 Å². The third-order valence-electron chi connectivity index (χ3n) is 5.49. The number of aliphatic hydroxyl groups excluding tert-OH is 1. The number of hydrogen-bond donors (Lipinski definition) is 2. The topological polar surface area (TPSA) is 133 Å². The molecule has 5 rings (SSSR count). The number of carbonyl (C=O) groups is 2. The van der Waals surface area contributed by atoms with Crippen LogP contribution in [0.4, 0.5) is 0 Å². The van der Waals surface area contributed by atoms with E-state index >= 15 is 0 Å². The quantitative estimate of drug-likeness (QED) is 0.218. The minimum atomic E-state index is -1.88. The fraction of sp³-hybridized carbons (Fsp3) is 0.250. The lowest BCUT2D eigenvalue weighted by Gasteiger charge is -2.26. The smallest absolute Gasteiger partial charge is 0.375 e. The van der Waals surface area contributed by atoms with Crippen molar-refractivity contribution in [2.24, 2.45) is 0 Å². The van der Waals surface area contributed by atoms with Crippen LogP contribution in [0.5, 0.6) is 11.5 Å². The molecule has 3 heterocycles. The van der Waals surface area contributed by atoms with Crippen molar-refractivity contribution < 1.29 is 33.6 Å². The number of ether oxygens (including phenoxy) is 4. The molecule has 13 heteroatoms. The Kier molecular flexibility index (Phi) is 6.92. The van der Waals surface area contributed by atoms with Gasteiger partial charge in [0, 0.05) is 12.1 Å². The van der Waals surface area contributed by atoms with Gasteiger partial charge in [-0.15, -0.1) is 11.3 Å². The van der Waals surface area contributed by atoms with Crippen LogP contribution in [0.15, 0.2) is 56.6 Å². The van der Waals surface area contributed by atoms with Crippen LogP contribution in [-0.4, -0.2) is 64.2 Å². The summed E-state index contributed by atoms with van der Waals surface area (Å²) in [6.07, 6.45) is 0. The Hall–Kier alpha value is -3.42. The summed E-state index contributed by atoms with van der Waals surface area (Å²) in [6, 6.07) is 10.9. The summed E-state index contributed by atoms with van der Waals surface area (Å²) in [6.45, 7) is 1.71. The molecule has 2 N–H and O–H groups in total. The number of aliphatic hydroxyl groups is 1. The first kappa shape index (κ1) is 25.2. The maximum absolute atomic E-state index is 13.2. The zero-order chi connectivity index (χ0) is 26.2. The summed E-state index contributed by atoms with van der Waals surface area (Å²) < 4.78 is 22.7. The molecule has 0 saturated heterocycles. The van der Waals surface area contributed by atoms with Crippen LogP contribution < -0.4 is 9.47 Å². The Morgan fingerprint density at radius 3 is 2.65 bits per heavy atom. The lowest BCUT2D eigenvalue weighted by Crippen LogP contribution is -2.44. The fourth-order valence-electron chi connectivity index (χ4n) is 3.68. The number of aromatic nitrogens is 3. The largest absolute Gasteiger partial charge is 0.501 e. The van der Waals surface area contributed by atoms with E-state index in [0.29, 0.717) is 32.0 Å². The number of methoxy groups -OCH3 is 2. The highest BCUT2D eigenvalue weighted by atomic mass is 32.2. The zero-order valence-electron chi connectivity index (χ0n) is 19.9. The lowest BCUT2D eigenvalue weighted by molar-refractivity contribution is -0.169. The second-order valence-corrected chi connectivity index (χ2v) is 11.0. The molecule has 1 aliphatic rings. The van der Waals surface area contributed by atoms with E-state index in [0.717, 1.165) is 33.7 Å². The lowest BCUT2D eigenvalue weighted by atomic mass is 10.1. The number of thioether (sulfide) groups is 2. The number of benzene rings is 2. The number of thiazole rings is 1. The maximum Gasteiger partial charge on any atom is 0.375 e. The van der Waals surface area contributed by atoms with Crippen molar-refractivity contribution in [1.82, 2.24) is 15.0 Å². The molecule has 0 amide bonds. The van der Waals surface area contributed by atoms with Crippen LogP contribution in [0, 0.1) is 0 Å². The summed E-state index contributed by atoms with van der Waals surface area (Å²) in [5, 5.41) is 11.2. The Balaban J connectivity index is 1.48. The van der Waals surface area contributed by atoms with Gasteiger partial charge < -0.3 is 29.0 Å². The Morgan fingerprint density at radius 1 is 1.14 bits per heavy atom. The molecule has 2 aromatic heterocycles. The fourth-order valence-corrected chi connectivity index (χ4v) is 7.00. The molecule has 0 saturated carbocycles. The van der Waals surface area contributed by atoms with Crippen molar-refractivity contribution in [3.8, 4) is 11.5 Å². The molecule has 0 bridgehead atoms. The summed E-state index contributed by atoms with van der Waals surface area (Å²) >= 11 is 3.51. The van der Waals surface area contributed by atoms with Crippen molar-refractivity contribution in [2.75, 3.05) is 26.6 Å². The molecule has 0 fully saturated rings. The van der Waals surface area contributed by atoms with Gasteiger partial charge in [0.25, 0.3) is 5.60 Å². The van der Waals surface area contributed by atoms with E-state index in [-0.39, 0.29) is 17.3 Å². The molecule has 1 unspecified atom stereocenters. The number of carbonyl (C=O) groups excluding carboxylic acids is 2. The maximum atomic E-state index is 13.2. The Bertz CT molecular complexity index is 1550. The van der Waals surface area contributed by atoms with Gasteiger partial charge in [-0.2, -0.15) is 0 Å². The summed E-state index contributed by atoms with van der Waals surface area (Å²) in [7, 11) is 3.14. The molecular formula is C24H21N3O7S3. The summed E-state index contributed by atoms with van der Waals surface area (Å²) in [5.41, 5.74) is 0.257. The highest BCUT2D eigenvalue weighted by Crippen LogP contribution is 2.47. The summed E-state index contributed by atoms with van der Waals surface area (Å²) in [4.78, 5) is 38.1. The Morgan fingerprint density at radius 2 is 1.89 bits per heavy atom. The third-order valence-corrected chi connectivity index (χ3v) is 8.83. The van der Waals surface area contributed by atoms with Crippen LogP contribution in [0.3, 0.4) is 0 Å². The molecule has 4 aromatic rings. The number of fused-ring (bicyclic) bond motifs is 2. The van der Waals surface area contributed by atoms with Crippen molar-refractivity contribution in [3.63, 3.8) is 0 Å². The first-order valence-corrected chi connectivity index (χ1v) is 13.6. The molecule has 0 radical (unpaired) electrons. The van der Waals surface area contributed by atoms with Gasteiger partial charge in [0.2, 0.25) is 5.76 Å². The van der Waals surface area contributed by atoms with Gasteiger partial charge in [-0.3, -0.25) is 0 Å². The van der Waals surface area contributed by atoms with Gasteiger partial charge in [-0.25, -0.2) is 19.6 Å².